The summed E-state index contributed by atoms with van der Waals surface area (Å²) in [4.78, 5) is 32.1. The minimum Gasteiger partial charge on any atom is -0.277 e. The molecular weight excluding hydrogens is 1800 g/mol. The number of hydrogen-bond acceptors (Lipinski definition) is 9. The molecule has 670 valence electrons. The Morgan fingerprint density at radius 3 is 0.993 bits per heavy atom. The molecule has 22 aromatic carbocycles. The van der Waals surface area contributed by atoms with Crippen LogP contribution < -0.4 is 0 Å². The fraction of sp³-hybridized carbons (Fsp3) is 0.0308. The summed E-state index contributed by atoms with van der Waals surface area (Å²) in [5.74, 6) is 1.68. The molecule has 0 spiro atoms. The lowest BCUT2D eigenvalue weighted by Gasteiger charge is -2.19. The van der Waals surface area contributed by atoms with Gasteiger partial charge in [-0.05, 0) is 150 Å². The number of halogens is 1. The molecule has 31 rings (SSSR count). The van der Waals surface area contributed by atoms with Crippen molar-refractivity contribution in [3.05, 3.63) is 442 Å². The fourth-order valence-corrected chi connectivity index (χ4v) is 26.6. The van der Waals surface area contributed by atoms with Crippen molar-refractivity contribution in [3.8, 4) is 62.7 Å². The standard InChI is InChI=1S/C46H27N3S.C44H31N3S.C40H22FN3S/c1-3-13-28(14-4-1)31-24-26-37-36(27-31)43(30-16-5-2-6-17-30)48-46(47-37)49-38-21-11-9-19-33(38)42-44(49)35-25-23-29-15-7-8-18-32(29)40(35)41-34-20-10-12-22-39(34)50-45(41)42;1-44(2,3)28-23-20-27(21-24-28)40-30-14-6-9-17-34(30)45-43(46-40)47-35-18-10-7-15-31(35)37-33-25-22-26-12-4-5-13-29(26)38(33)42-39(41(37)47)32-16-8-11-19-36(32)48-42;41-25-20-17-24(18-21-25)37-27-11-3-6-14-31(27)42-40(43-37)44-32-15-7-4-12-28(32)34-30-22-19-23-9-1-2-10-26(23)35(30)39-36(38(34)44)29-13-5-8-16-33(29)45-39/h1-27H;4-25H,1-3H3;1-22H. The summed E-state index contributed by atoms with van der Waals surface area (Å²) in [6.07, 6.45) is 0. The number of para-hydroxylation sites is 5. The maximum Gasteiger partial charge on any atom is 0.235 e. The van der Waals surface area contributed by atoms with Gasteiger partial charge in [0, 0.05) is 147 Å². The molecule has 0 fully saturated rings. The van der Waals surface area contributed by atoms with E-state index in [9.17, 15) is 4.39 Å². The van der Waals surface area contributed by atoms with Crippen molar-refractivity contribution in [2.24, 2.45) is 0 Å². The van der Waals surface area contributed by atoms with E-state index in [4.69, 9.17) is 29.9 Å². The molecule has 0 radical (unpaired) electrons. The molecule has 9 aromatic heterocycles. The van der Waals surface area contributed by atoms with Gasteiger partial charge in [-0.15, -0.1) is 34.0 Å². The Kier molecular flexibility index (Phi) is 18.6. The van der Waals surface area contributed by atoms with Gasteiger partial charge in [-0.3, -0.25) is 13.7 Å². The van der Waals surface area contributed by atoms with Gasteiger partial charge in [-0.1, -0.05) is 367 Å². The van der Waals surface area contributed by atoms with Gasteiger partial charge < -0.3 is 0 Å². The Labute approximate surface area is 829 Å². The highest BCUT2D eigenvalue weighted by atomic mass is 32.1. The SMILES string of the molecule is CC(C)(C)c1ccc(-c2nc(-n3c4ccccc4c4c5ccc6ccccc6c5c5sc6ccccc6c5c43)nc3ccccc23)cc1.Fc1ccc(-c2nc(-n3c4ccccc4c4c5ccc6ccccc6c5c5sc6ccccc6c5c43)nc3ccccc23)cc1.c1ccc(-c2ccc3nc(-n4c5ccccc5c5c6sc7ccccc7c6c6c7ccccc7ccc6c54)nc(-c4ccccc4)c3c2)cc1. The van der Waals surface area contributed by atoms with Gasteiger partial charge in [0.05, 0.1) is 66.7 Å². The summed E-state index contributed by atoms with van der Waals surface area (Å²) in [7, 11) is 0. The third-order valence-electron chi connectivity index (χ3n) is 29.2. The largest absolute Gasteiger partial charge is 0.277 e. The van der Waals surface area contributed by atoms with E-state index in [1.807, 2.05) is 58.3 Å². The number of thiophene rings is 3. The van der Waals surface area contributed by atoms with E-state index in [0.29, 0.717) is 17.8 Å². The molecule has 0 N–H and O–H groups in total. The normalized spacial score (nSPS) is 12.2. The van der Waals surface area contributed by atoms with Crippen LogP contribution in [0.3, 0.4) is 0 Å². The Hall–Kier alpha value is -17.6. The second-order valence-electron chi connectivity index (χ2n) is 38.2. The van der Waals surface area contributed by atoms with E-state index >= 15 is 0 Å². The fourth-order valence-electron chi connectivity index (χ4n) is 22.8. The third-order valence-corrected chi connectivity index (χ3v) is 32.7. The van der Waals surface area contributed by atoms with Crippen molar-refractivity contribution >= 4 is 257 Å². The number of aromatic nitrogens is 9. The second kappa shape index (κ2) is 32.2. The average Bonchev–Trinajstić information content (AvgIpc) is 1.54. The smallest absolute Gasteiger partial charge is 0.235 e. The molecule has 0 aliphatic carbocycles. The molecule has 0 saturated carbocycles. The summed E-state index contributed by atoms with van der Waals surface area (Å²) in [5, 5.41) is 33.0. The Bertz CT molecular complexity index is 10800. The Morgan fingerprint density at radius 1 is 0.210 bits per heavy atom. The van der Waals surface area contributed by atoms with Gasteiger partial charge >= 0.3 is 0 Å². The molecule has 0 aliphatic rings. The van der Waals surface area contributed by atoms with Crippen molar-refractivity contribution in [1.29, 1.82) is 0 Å². The summed E-state index contributed by atoms with van der Waals surface area (Å²) in [6.45, 7) is 6.76. The van der Waals surface area contributed by atoms with Crippen LogP contribution in [-0.4, -0.2) is 43.6 Å². The quantitative estimate of drug-likeness (QED) is 0.148. The first-order chi connectivity index (χ1) is 70.5. The molecule has 9 heterocycles. The number of fused-ring (bicyclic) bond motifs is 39. The maximum absolute atomic E-state index is 14.0. The van der Waals surface area contributed by atoms with Crippen LogP contribution >= 0.6 is 34.0 Å². The summed E-state index contributed by atoms with van der Waals surface area (Å²) in [5.41, 5.74) is 18.7. The van der Waals surface area contributed by atoms with Gasteiger partial charge in [0.15, 0.2) is 0 Å². The van der Waals surface area contributed by atoms with Gasteiger partial charge in [-0.25, -0.2) is 34.3 Å². The van der Waals surface area contributed by atoms with Gasteiger partial charge in [0.2, 0.25) is 17.8 Å². The highest BCUT2D eigenvalue weighted by molar-refractivity contribution is 7.28. The van der Waals surface area contributed by atoms with Crippen LogP contribution in [0.4, 0.5) is 4.39 Å². The van der Waals surface area contributed by atoms with Crippen LogP contribution in [0.25, 0.3) is 286 Å². The van der Waals surface area contributed by atoms with Crippen molar-refractivity contribution in [2.75, 3.05) is 0 Å². The lowest BCUT2D eigenvalue weighted by Crippen LogP contribution is -2.10. The van der Waals surface area contributed by atoms with Gasteiger partial charge in [0.25, 0.3) is 0 Å². The van der Waals surface area contributed by atoms with Crippen LogP contribution in [0.5, 0.6) is 0 Å². The van der Waals surface area contributed by atoms with Gasteiger partial charge in [-0.2, -0.15) is 0 Å². The zero-order valence-corrected chi connectivity index (χ0v) is 80.1. The number of nitrogens with zero attached hydrogens (tertiary/aromatic N) is 9. The minimum absolute atomic E-state index is 0.0726. The summed E-state index contributed by atoms with van der Waals surface area (Å²) >= 11 is 5.62. The van der Waals surface area contributed by atoms with E-state index in [1.54, 1.807) is 12.1 Å². The number of rotatable bonds is 7. The van der Waals surface area contributed by atoms with Gasteiger partial charge in [0.1, 0.15) is 5.82 Å². The van der Waals surface area contributed by atoms with Crippen molar-refractivity contribution in [3.63, 3.8) is 0 Å². The molecule has 0 bridgehead atoms. The lowest BCUT2D eigenvalue weighted by atomic mass is 9.86. The topological polar surface area (TPSA) is 92.1 Å². The van der Waals surface area contributed by atoms with E-state index in [2.05, 4.69) is 417 Å². The van der Waals surface area contributed by atoms with Crippen molar-refractivity contribution in [2.45, 2.75) is 26.2 Å². The van der Waals surface area contributed by atoms with E-state index in [1.165, 1.54) is 175 Å². The molecule has 31 aromatic rings. The van der Waals surface area contributed by atoms with E-state index < -0.39 is 0 Å². The second-order valence-corrected chi connectivity index (χ2v) is 41.4. The lowest BCUT2D eigenvalue weighted by molar-refractivity contribution is 0.590. The first-order valence-corrected chi connectivity index (χ1v) is 50.8. The molecule has 0 atom stereocenters. The average molecular weight is 1880 g/mol. The number of hydrogen-bond donors (Lipinski definition) is 0. The third kappa shape index (κ3) is 12.8. The minimum atomic E-state index is -0.272. The molecular formula is C130H80FN9S3. The first-order valence-electron chi connectivity index (χ1n) is 48.4. The van der Waals surface area contributed by atoms with Crippen LogP contribution in [0, 0.1) is 5.82 Å². The van der Waals surface area contributed by atoms with Crippen molar-refractivity contribution in [1.82, 2.24) is 43.6 Å². The van der Waals surface area contributed by atoms with Crippen molar-refractivity contribution < 1.29 is 4.39 Å². The Morgan fingerprint density at radius 2 is 0.531 bits per heavy atom. The van der Waals surface area contributed by atoms with Crippen LogP contribution in [-0.2, 0) is 5.41 Å². The number of benzene rings is 22. The van der Waals surface area contributed by atoms with Crippen LogP contribution in [0.1, 0.15) is 26.3 Å². The molecule has 9 nitrogen and oxygen atoms in total. The first kappa shape index (κ1) is 82.5. The Balaban J connectivity index is 0.000000102. The highest BCUT2D eigenvalue weighted by Gasteiger charge is 2.31. The maximum atomic E-state index is 14.0. The molecule has 0 saturated heterocycles. The molecule has 0 unspecified atom stereocenters. The van der Waals surface area contributed by atoms with Crippen LogP contribution in [0.2, 0.25) is 0 Å². The van der Waals surface area contributed by atoms with E-state index in [-0.39, 0.29) is 11.2 Å². The summed E-state index contributed by atoms with van der Waals surface area (Å²) < 4.78 is 28.6. The zero-order valence-electron chi connectivity index (χ0n) is 77.6. The monoisotopic (exact) mass is 1880 g/mol. The predicted octanol–water partition coefficient (Wildman–Crippen LogP) is 36.3. The highest BCUT2D eigenvalue weighted by Crippen LogP contribution is 2.55. The molecule has 13 heteroatoms. The van der Waals surface area contributed by atoms with E-state index in [0.717, 1.165) is 111 Å². The van der Waals surface area contributed by atoms with Crippen LogP contribution in [0.15, 0.2) is 431 Å². The molecule has 0 aliphatic heterocycles. The zero-order chi connectivity index (χ0) is 94.6. The summed E-state index contributed by atoms with van der Waals surface area (Å²) in [6, 6.07) is 152. The molecule has 143 heavy (non-hydrogen) atoms. The molecule has 0 amide bonds. The predicted molar refractivity (Wildman–Crippen MR) is 606 cm³/mol.